The molecule has 3 aromatic rings. The van der Waals surface area contributed by atoms with Crippen molar-refractivity contribution in [2.24, 2.45) is 5.92 Å². The Hall–Kier alpha value is -3.70. The predicted molar refractivity (Wildman–Crippen MR) is 160 cm³/mol. The molecule has 9 nitrogen and oxygen atoms in total. The number of aromatic nitrogens is 1. The third-order valence-corrected chi connectivity index (χ3v) is 8.28. The van der Waals surface area contributed by atoms with E-state index in [2.05, 4.69) is 37.2 Å². The number of carbonyl (C=O) groups is 3. The second kappa shape index (κ2) is 12.0. The van der Waals surface area contributed by atoms with Gasteiger partial charge in [0.2, 0.25) is 0 Å². The van der Waals surface area contributed by atoms with Gasteiger partial charge in [-0.1, -0.05) is 22.0 Å². The molecule has 1 saturated heterocycles. The summed E-state index contributed by atoms with van der Waals surface area (Å²) in [5.41, 5.74) is 1.90. The fourth-order valence-electron chi connectivity index (χ4n) is 5.41. The van der Waals surface area contributed by atoms with Crippen molar-refractivity contribution in [2.45, 2.75) is 25.8 Å². The second-order valence-corrected chi connectivity index (χ2v) is 11.8. The van der Waals surface area contributed by atoms with E-state index in [9.17, 15) is 19.2 Å². The monoisotopic (exact) mass is 683 g/mol. The average molecular weight is 685 g/mol. The van der Waals surface area contributed by atoms with Crippen LogP contribution in [0.15, 0.2) is 74.0 Å². The normalized spacial score (nSPS) is 17.9. The minimum Gasteiger partial charge on any atom is -0.493 e. The number of esters is 1. The number of ether oxygens (including phenoxy) is 2. The number of fused-ring (bicyclic) bond motifs is 4. The highest BCUT2D eigenvalue weighted by atomic mass is 79.9. The lowest BCUT2D eigenvalue weighted by Gasteiger charge is -2.43. The molecule has 41 heavy (non-hydrogen) atoms. The number of likely N-dealkylation sites (tertiary alicyclic amines) is 1. The lowest BCUT2D eigenvalue weighted by Crippen LogP contribution is -2.50. The number of nitrogens with one attached hydrogen (secondary N) is 1. The lowest BCUT2D eigenvalue weighted by molar-refractivity contribution is -0.132. The number of nitrogens with zero attached hydrogens (tertiary/aromatic N) is 2. The van der Waals surface area contributed by atoms with E-state index < -0.39 is 11.9 Å². The Balaban J connectivity index is 1.50. The first-order chi connectivity index (χ1) is 19.6. The van der Waals surface area contributed by atoms with Crippen LogP contribution < -0.4 is 20.3 Å². The molecule has 2 aromatic carbocycles. The van der Waals surface area contributed by atoms with Crippen molar-refractivity contribution in [1.29, 1.82) is 0 Å². The molecule has 1 aromatic heterocycles. The number of hydrogen-bond donors (Lipinski definition) is 1. The molecule has 0 aliphatic carbocycles. The van der Waals surface area contributed by atoms with Crippen LogP contribution in [0.1, 0.15) is 40.9 Å². The van der Waals surface area contributed by atoms with E-state index in [0.29, 0.717) is 35.2 Å². The van der Waals surface area contributed by atoms with Crippen LogP contribution in [0.5, 0.6) is 11.5 Å². The van der Waals surface area contributed by atoms with Gasteiger partial charge in [0.1, 0.15) is 5.70 Å². The fraction of sp³-hybridized carbons (Fsp3) is 0.267. The van der Waals surface area contributed by atoms with Crippen molar-refractivity contribution in [1.82, 2.24) is 14.8 Å². The number of methoxy groups -OCH3 is 1. The highest BCUT2D eigenvalue weighted by molar-refractivity contribution is 9.10. The maximum Gasteiger partial charge on any atom is 0.308 e. The number of benzene rings is 2. The summed E-state index contributed by atoms with van der Waals surface area (Å²) in [5, 5.41) is 2.82. The Morgan fingerprint density at radius 2 is 1.78 bits per heavy atom. The van der Waals surface area contributed by atoms with Gasteiger partial charge in [0.25, 0.3) is 17.4 Å². The third-order valence-electron chi connectivity index (χ3n) is 7.16. The van der Waals surface area contributed by atoms with Crippen LogP contribution in [0.2, 0.25) is 0 Å². The minimum atomic E-state index is -0.510. The summed E-state index contributed by atoms with van der Waals surface area (Å²) in [5.74, 6) is -0.663. The fourth-order valence-corrected chi connectivity index (χ4v) is 6.22. The zero-order valence-electron chi connectivity index (χ0n) is 22.4. The van der Waals surface area contributed by atoms with Crippen LogP contribution in [0.4, 0.5) is 0 Å². The molecular formula is C30H27Br2N3O6. The van der Waals surface area contributed by atoms with Gasteiger partial charge in [-0.3, -0.25) is 19.2 Å². The maximum atomic E-state index is 14.0. The Morgan fingerprint density at radius 3 is 2.49 bits per heavy atom. The Bertz CT molecular complexity index is 1620. The van der Waals surface area contributed by atoms with Gasteiger partial charge in [-0.05, 0) is 82.4 Å². The zero-order chi connectivity index (χ0) is 29.3. The molecule has 212 valence electrons. The van der Waals surface area contributed by atoms with Gasteiger partial charge >= 0.3 is 5.97 Å². The van der Waals surface area contributed by atoms with Crippen LogP contribution >= 0.6 is 31.9 Å². The number of carbonyl (C=O) groups excluding carboxylic acids is 3. The van der Waals surface area contributed by atoms with Gasteiger partial charge in [-0.15, -0.1) is 0 Å². The molecule has 1 N–H and O–H groups in total. The number of hydrogen-bond acceptors (Lipinski definition) is 6. The van der Waals surface area contributed by atoms with E-state index in [4.69, 9.17) is 9.47 Å². The van der Waals surface area contributed by atoms with Crippen molar-refractivity contribution < 1.29 is 23.9 Å². The first kappa shape index (κ1) is 28.8. The molecular weight excluding hydrogens is 658 g/mol. The predicted octanol–water partition coefficient (Wildman–Crippen LogP) is 4.72. The molecule has 2 aliphatic rings. The van der Waals surface area contributed by atoms with Crippen molar-refractivity contribution >= 4 is 55.7 Å². The second-order valence-electron chi connectivity index (χ2n) is 10.1. The Kier molecular flexibility index (Phi) is 8.46. The van der Waals surface area contributed by atoms with Crippen LogP contribution in [-0.2, 0) is 16.1 Å². The molecule has 2 atom stereocenters. The number of pyridine rings is 1. The summed E-state index contributed by atoms with van der Waals surface area (Å²) >= 11 is 6.79. The highest BCUT2D eigenvalue weighted by Gasteiger charge is 2.37. The van der Waals surface area contributed by atoms with E-state index in [1.54, 1.807) is 64.1 Å². The van der Waals surface area contributed by atoms with E-state index in [0.717, 1.165) is 16.6 Å². The molecule has 2 unspecified atom stereocenters. The van der Waals surface area contributed by atoms with Gasteiger partial charge in [0, 0.05) is 54.3 Å². The van der Waals surface area contributed by atoms with E-state index >= 15 is 0 Å². The Labute approximate surface area is 253 Å². The largest absolute Gasteiger partial charge is 0.493 e. The molecule has 11 heteroatoms. The van der Waals surface area contributed by atoms with Crippen molar-refractivity contribution in [2.75, 3.05) is 20.2 Å². The van der Waals surface area contributed by atoms with Crippen LogP contribution in [-0.4, -0.2) is 47.4 Å². The van der Waals surface area contributed by atoms with Crippen molar-refractivity contribution in [3.63, 3.8) is 0 Å². The molecule has 1 fully saturated rings. The van der Waals surface area contributed by atoms with E-state index in [1.165, 1.54) is 14.0 Å². The zero-order valence-corrected chi connectivity index (χ0v) is 25.5. The quantitative estimate of drug-likeness (QED) is 0.229. The number of amides is 2. The van der Waals surface area contributed by atoms with E-state index in [1.807, 2.05) is 6.07 Å². The average Bonchev–Trinajstić information content (AvgIpc) is 2.94. The molecule has 2 amide bonds. The van der Waals surface area contributed by atoms with Gasteiger partial charge in [0.15, 0.2) is 11.5 Å². The van der Waals surface area contributed by atoms with Gasteiger partial charge in [-0.2, -0.15) is 0 Å². The van der Waals surface area contributed by atoms with Crippen molar-refractivity contribution in [3.05, 3.63) is 96.4 Å². The third kappa shape index (κ3) is 6.31. The summed E-state index contributed by atoms with van der Waals surface area (Å²) in [7, 11) is 1.44. The summed E-state index contributed by atoms with van der Waals surface area (Å²) in [6, 6.07) is 15.4. The van der Waals surface area contributed by atoms with Crippen LogP contribution in [0.3, 0.4) is 0 Å². The molecule has 0 saturated carbocycles. The molecule has 3 heterocycles. The molecule has 5 rings (SSSR count). The van der Waals surface area contributed by atoms with Crippen molar-refractivity contribution in [3.8, 4) is 11.5 Å². The molecule has 0 spiro atoms. The standard InChI is InChI=1S/C30H27Br2N3O6/c1-17(36)41-28-23(32)11-18(13-26(28)40-2)12-24(33-29(38)20-6-8-22(31)9-7-20)30(39)34-14-19-10-21(16-34)25-4-3-5-27(37)35(25)15-19/h3-9,11-13,19,21H,10,14-16H2,1-2H3,(H,33,38)/b24-12+. The summed E-state index contributed by atoms with van der Waals surface area (Å²) in [4.78, 5) is 53.1. The lowest BCUT2D eigenvalue weighted by atomic mass is 9.83. The number of halogens is 2. The SMILES string of the molecule is COc1cc(/C=C(/NC(=O)c2ccc(Br)cc2)C(=O)N2CC3CC(C2)c2cccc(=O)n2C3)cc(Br)c1OC(C)=O. The Morgan fingerprint density at radius 1 is 1.02 bits per heavy atom. The number of piperidine rings is 1. The summed E-state index contributed by atoms with van der Waals surface area (Å²) in [6.45, 7) is 2.71. The number of rotatable bonds is 6. The van der Waals surface area contributed by atoms with E-state index in [-0.39, 0.29) is 40.5 Å². The topological polar surface area (TPSA) is 107 Å². The van der Waals surface area contributed by atoms with Gasteiger partial charge < -0.3 is 24.3 Å². The highest BCUT2D eigenvalue weighted by Crippen LogP contribution is 2.38. The summed E-state index contributed by atoms with van der Waals surface area (Å²) in [6.07, 6.45) is 2.46. The van der Waals surface area contributed by atoms with Gasteiger partial charge in [0.05, 0.1) is 11.6 Å². The smallest absolute Gasteiger partial charge is 0.308 e. The maximum absolute atomic E-state index is 14.0. The first-order valence-electron chi connectivity index (χ1n) is 13.0. The first-order valence-corrected chi connectivity index (χ1v) is 14.5. The van der Waals surface area contributed by atoms with Crippen LogP contribution in [0.25, 0.3) is 6.08 Å². The summed E-state index contributed by atoms with van der Waals surface area (Å²) < 4.78 is 13.8. The van der Waals surface area contributed by atoms with Crippen LogP contribution in [0, 0.1) is 5.92 Å². The van der Waals surface area contributed by atoms with Gasteiger partial charge in [-0.25, -0.2) is 0 Å². The minimum absolute atomic E-state index is 0.0148. The molecule has 0 radical (unpaired) electrons. The molecule has 2 aliphatic heterocycles. The molecule has 2 bridgehead atoms.